The number of aliphatic carboxylic acids is 1. The van der Waals surface area contributed by atoms with Crippen molar-refractivity contribution in [1.82, 2.24) is 10.3 Å². The number of methoxy groups -OCH3 is 2. The Labute approximate surface area is 170 Å². The van der Waals surface area contributed by atoms with E-state index in [4.69, 9.17) is 25.1 Å². The van der Waals surface area contributed by atoms with Crippen molar-refractivity contribution >= 4 is 38.6 Å². The van der Waals surface area contributed by atoms with Gasteiger partial charge >= 0.3 is 5.97 Å². The first kappa shape index (κ1) is 20.2. The summed E-state index contributed by atoms with van der Waals surface area (Å²) < 4.78 is 17.7. The lowest BCUT2D eigenvalue weighted by molar-refractivity contribution is -0.136. The third kappa shape index (κ3) is 4.49. The first-order valence-electron chi connectivity index (χ1n) is 8.51. The fourth-order valence-electron chi connectivity index (χ4n) is 2.63. The molecule has 10 heteroatoms. The van der Waals surface area contributed by atoms with Crippen molar-refractivity contribution in [3.63, 3.8) is 0 Å². The van der Waals surface area contributed by atoms with Crippen LogP contribution in [0.1, 0.15) is 16.8 Å². The standard InChI is InChI=1S/C19H19N3O6S/c1-26-12-8-10(18(25)21-7-6-15(23)24)9-13(27-2)17(12)28-11-4-3-5-14-16(11)22-19(20)29-14/h3-5,8-9H,6-7H2,1-2H3,(H2,20,22)(H,21,25)(H,23,24). The van der Waals surface area contributed by atoms with Crippen molar-refractivity contribution in [3.05, 3.63) is 35.9 Å². The van der Waals surface area contributed by atoms with E-state index in [2.05, 4.69) is 10.3 Å². The molecule has 29 heavy (non-hydrogen) atoms. The number of para-hydroxylation sites is 1. The largest absolute Gasteiger partial charge is 0.493 e. The molecule has 0 fully saturated rings. The van der Waals surface area contributed by atoms with Crippen molar-refractivity contribution in [1.29, 1.82) is 0 Å². The zero-order valence-corrected chi connectivity index (χ0v) is 16.5. The van der Waals surface area contributed by atoms with Gasteiger partial charge in [0.1, 0.15) is 5.52 Å². The van der Waals surface area contributed by atoms with Gasteiger partial charge in [0.05, 0.1) is 25.3 Å². The molecule has 0 atom stereocenters. The van der Waals surface area contributed by atoms with Crippen LogP contribution in [-0.2, 0) is 4.79 Å². The maximum atomic E-state index is 12.3. The molecule has 1 aromatic heterocycles. The number of carboxylic acid groups (broad SMARTS) is 1. The minimum Gasteiger partial charge on any atom is -0.493 e. The van der Waals surface area contributed by atoms with E-state index in [9.17, 15) is 9.59 Å². The molecule has 0 saturated heterocycles. The van der Waals surface area contributed by atoms with E-state index in [1.54, 1.807) is 6.07 Å². The number of thiazole rings is 1. The van der Waals surface area contributed by atoms with Crippen LogP contribution < -0.4 is 25.3 Å². The highest BCUT2D eigenvalue weighted by molar-refractivity contribution is 7.22. The zero-order valence-electron chi connectivity index (χ0n) is 15.7. The molecule has 9 nitrogen and oxygen atoms in total. The average Bonchev–Trinajstić information content (AvgIpc) is 3.08. The minimum atomic E-state index is -0.999. The molecule has 3 rings (SSSR count). The van der Waals surface area contributed by atoms with Crippen LogP contribution in [0, 0.1) is 0 Å². The number of hydrogen-bond acceptors (Lipinski definition) is 8. The second kappa shape index (κ2) is 8.65. The van der Waals surface area contributed by atoms with Crippen LogP contribution in [0.2, 0.25) is 0 Å². The lowest BCUT2D eigenvalue weighted by Gasteiger charge is -2.16. The number of amides is 1. The maximum absolute atomic E-state index is 12.3. The number of nitrogens with one attached hydrogen (secondary N) is 1. The second-order valence-corrected chi connectivity index (χ2v) is 6.93. The van der Waals surface area contributed by atoms with E-state index in [-0.39, 0.29) is 35.8 Å². The van der Waals surface area contributed by atoms with E-state index >= 15 is 0 Å². The van der Waals surface area contributed by atoms with Crippen molar-refractivity contribution in [2.24, 2.45) is 0 Å². The van der Waals surface area contributed by atoms with Crippen molar-refractivity contribution in [3.8, 4) is 23.0 Å². The molecule has 0 aliphatic rings. The molecular formula is C19H19N3O6S. The Balaban J connectivity index is 1.94. The number of benzene rings is 2. The smallest absolute Gasteiger partial charge is 0.305 e. The van der Waals surface area contributed by atoms with E-state index < -0.39 is 11.9 Å². The van der Waals surface area contributed by atoms with Gasteiger partial charge in [-0.15, -0.1) is 0 Å². The number of nitrogens with zero attached hydrogens (tertiary/aromatic N) is 1. The number of aromatic nitrogens is 1. The maximum Gasteiger partial charge on any atom is 0.305 e. The number of nitrogen functional groups attached to an aromatic ring is 1. The van der Waals surface area contributed by atoms with E-state index in [1.165, 1.54) is 37.7 Å². The monoisotopic (exact) mass is 417 g/mol. The Hall–Kier alpha value is -3.53. The van der Waals surface area contributed by atoms with Crippen LogP contribution in [-0.4, -0.2) is 42.7 Å². The number of anilines is 1. The van der Waals surface area contributed by atoms with Gasteiger partial charge in [0.2, 0.25) is 5.75 Å². The number of carbonyl (C=O) groups excluding carboxylic acids is 1. The summed E-state index contributed by atoms with van der Waals surface area (Å²) in [6, 6.07) is 8.42. The van der Waals surface area contributed by atoms with Gasteiger partial charge in [-0.1, -0.05) is 17.4 Å². The van der Waals surface area contributed by atoms with Crippen molar-refractivity contribution < 1.29 is 28.9 Å². The minimum absolute atomic E-state index is 0.00426. The molecule has 4 N–H and O–H groups in total. The molecule has 0 unspecified atom stereocenters. The molecule has 0 bridgehead atoms. The number of rotatable bonds is 8. The van der Waals surface area contributed by atoms with Gasteiger partial charge in [-0.2, -0.15) is 0 Å². The molecule has 0 spiro atoms. The molecule has 2 aromatic carbocycles. The average molecular weight is 417 g/mol. The van der Waals surface area contributed by atoms with Crippen LogP contribution in [0.5, 0.6) is 23.0 Å². The normalized spacial score (nSPS) is 10.6. The van der Waals surface area contributed by atoms with Crippen molar-refractivity contribution in [2.75, 3.05) is 26.5 Å². The topological polar surface area (TPSA) is 133 Å². The molecule has 0 aliphatic carbocycles. The Kier molecular flexibility index (Phi) is 6.03. The number of carboxylic acids is 1. The first-order valence-corrected chi connectivity index (χ1v) is 9.33. The molecule has 152 valence electrons. The van der Waals surface area contributed by atoms with Gasteiger partial charge in [-0.05, 0) is 24.3 Å². The SMILES string of the molecule is COc1cc(C(=O)NCCC(=O)O)cc(OC)c1Oc1cccc2sc(N)nc12. The van der Waals surface area contributed by atoms with Crippen LogP contribution in [0.15, 0.2) is 30.3 Å². The van der Waals surface area contributed by atoms with Gasteiger partial charge < -0.3 is 30.4 Å². The Morgan fingerprint density at radius 2 is 1.86 bits per heavy atom. The number of fused-ring (bicyclic) bond motifs is 1. The van der Waals surface area contributed by atoms with Crippen LogP contribution >= 0.6 is 11.3 Å². The van der Waals surface area contributed by atoms with E-state index in [0.717, 1.165) is 4.70 Å². The molecule has 1 amide bonds. The lowest BCUT2D eigenvalue weighted by atomic mass is 10.1. The first-order chi connectivity index (χ1) is 13.9. The van der Waals surface area contributed by atoms with E-state index in [1.807, 2.05) is 12.1 Å². The molecule has 1 heterocycles. The fraction of sp³-hybridized carbons (Fsp3) is 0.211. The highest BCUT2D eigenvalue weighted by Crippen LogP contribution is 2.43. The summed E-state index contributed by atoms with van der Waals surface area (Å²) >= 11 is 1.34. The summed E-state index contributed by atoms with van der Waals surface area (Å²) in [6.45, 7) is 0.00426. The Morgan fingerprint density at radius 1 is 1.17 bits per heavy atom. The molecule has 0 aliphatic heterocycles. The van der Waals surface area contributed by atoms with Crippen LogP contribution in [0.25, 0.3) is 10.2 Å². The zero-order chi connectivity index (χ0) is 21.0. The molecule has 3 aromatic rings. The number of hydrogen-bond donors (Lipinski definition) is 3. The van der Waals surface area contributed by atoms with Crippen LogP contribution in [0.4, 0.5) is 5.13 Å². The summed E-state index contributed by atoms with van der Waals surface area (Å²) in [6.07, 6.45) is -0.179. The van der Waals surface area contributed by atoms with Crippen molar-refractivity contribution in [2.45, 2.75) is 6.42 Å². The van der Waals surface area contributed by atoms with Gasteiger partial charge in [0.25, 0.3) is 5.91 Å². The fourth-order valence-corrected chi connectivity index (χ4v) is 3.38. The highest BCUT2D eigenvalue weighted by Gasteiger charge is 2.20. The predicted octanol–water partition coefficient (Wildman–Crippen LogP) is 2.89. The Bertz CT molecular complexity index is 1040. The Morgan fingerprint density at radius 3 is 2.48 bits per heavy atom. The lowest BCUT2D eigenvalue weighted by Crippen LogP contribution is -2.26. The van der Waals surface area contributed by atoms with E-state index in [0.29, 0.717) is 16.4 Å². The number of ether oxygens (including phenoxy) is 3. The summed E-state index contributed by atoms with van der Waals surface area (Å²) in [4.78, 5) is 27.2. The molecule has 0 radical (unpaired) electrons. The summed E-state index contributed by atoms with van der Waals surface area (Å²) in [5.41, 5.74) is 6.65. The van der Waals surface area contributed by atoms with Gasteiger partial charge in [-0.3, -0.25) is 9.59 Å². The van der Waals surface area contributed by atoms with Crippen LogP contribution in [0.3, 0.4) is 0 Å². The predicted molar refractivity (Wildman–Crippen MR) is 108 cm³/mol. The summed E-state index contributed by atoms with van der Waals surface area (Å²) in [5, 5.41) is 11.6. The quantitative estimate of drug-likeness (QED) is 0.509. The number of carbonyl (C=O) groups is 2. The third-order valence-electron chi connectivity index (χ3n) is 3.96. The number of nitrogens with two attached hydrogens (primary N) is 1. The van der Waals surface area contributed by atoms with Gasteiger partial charge in [-0.25, -0.2) is 4.98 Å². The highest BCUT2D eigenvalue weighted by atomic mass is 32.1. The summed E-state index contributed by atoms with van der Waals surface area (Å²) in [7, 11) is 2.88. The molecular weight excluding hydrogens is 398 g/mol. The summed E-state index contributed by atoms with van der Waals surface area (Å²) in [5.74, 6) is -0.174. The second-order valence-electron chi connectivity index (χ2n) is 5.87. The molecule has 0 saturated carbocycles. The third-order valence-corrected chi connectivity index (χ3v) is 4.81. The van der Waals surface area contributed by atoms with Gasteiger partial charge in [0.15, 0.2) is 22.4 Å². The van der Waals surface area contributed by atoms with Gasteiger partial charge in [0, 0.05) is 12.1 Å².